The number of hydrogen-bond donors (Lipinski definition) is 6. The van der Waals surface area contributed by atoms with Gasteiger partial charge in [-0.2, -0.15) is 0 Å². The number of ketones is 3. The molecule has 84 heavy (non-hydrogen) atoms. The highest BCUT2D eigenvalue weighted by molar-refractivity contribution is 7.47. The molecule has 0 aromatic rings. The van der Waals surface area contributed by atoms with E-state index in [1.165, 1.54) is 14.2 Å². The van der Waals surface area contributed by atoms with Crippen LogP contribution >= 0.6 is 7.82 Å². The van der Waals surface area contributed by atoms with Gasteiger partial charge in [-0.25, -0.2) is 18.9 Å². The zero-order chi connectivity index (χ0) is 62.6. The van der Waals surface area contributed by atoms with Crippen LogP contribution in [0.4, 0.5) is 4.79 Å². The van der Waals surface area contributed by atoms with E-state index in [0.717, 1.165) is 17.6 Å². The number of phosphoric acid groups is 1. The maximum atomic E-state index is 14.6. The molecule has 6 N–H and O–H groups in total. The minimum Gasteiger partial charge on any atom is -0.467 e. The Morgan fingerprint density at radius 3 is 2.23 bits per heavy atom. The van der Waals surface area contributed by atoms with Crippen molar-refractivity contribution in [2.75, 3.05) is 54.8 Å². The third-order valence-corrected chi connectivity index (χ3v) is 17.5. The molecule has 4 rings (SSSR count). The monoisotopic (exact) mass is 1210 g/mol. The predicted molar refractivity (Wildman–Crippen MR) is 303 cm³/mol. The predicted octanol–water partition coefficient (Wildman–Crippen LogP) is 4.94. The Morgan fingerprint density at radius 2 is 1.57 bits per heavy atom. The number of esters is 2. The van der Waals surface area contributed by atoms with E-state index >= 15 is 0 Å². The zero-order valence-corrected chi connectivity index (χ0v) is 51.5. The van der Waals surface area contributed by atoms with Crippen molar-refractivity contribution in [3.8, 4) is 0 Å². The second kappa shape index (κ2) is 34.1. The van der Waals surface area contributed by atoms with Gasteiger partial charge in [0.05, 0.1) is 45.2 Å². The van der Waals surface area contributed by atoms with Crippen molar-refractivity contribution in [1.29, 1.82) is 0 Å². The number of amides is 2. The minimum absolute atomic E-state index is 0.00161. The second-order valence-corrected chi connectivity index (χ2v) is 24.5. The minimum atomic E-state index is -4.87. The molecule has 3 heterocycles. The number of carbonyl (C=O) groups is 7. The summed E-state index contributed by atoms with van der Waals surface area (Å²) < 4.78 is 61.9. The lowest BCUT2D eigenvalue weighted by molar-refractivity contribution is -0.265. The normalized spacial score (nSPS) is 35.3. The van der Waals surface area contributed by atoms with Crippen LogP contribution in [0.1, 0.15) is 126 Å². The molecule has 12 unspecified atom stereocenters. The van der Waals surface area contributed by atoms with Gasteiger partial charge in [-0.15, -0.1) is 0 Å². The summed E-state index contributed by atoms with van der Waals surface area (Å²) >= 11 is 0. The summed E-state index contributed by atoms with van der Waals surface area (Å²) in [5, 5.41) is 44.3. The van der Waals surface area contributed by atoms with Crippen LogP contribution in [0.3, 0.4) is 0 Å². The molecule has 0 aromatic carbocycles. The number of cyclic esters (lactones) is 1. The average molecular weight is 1210 g/mol. The number of phosphoric ester groups is 1. The molecule has 2 amide bonds. The first-order chi connectivity index (χ1) is 39.6. The number of nitrogens with one attached hydrogen (secondary N) is 1. The lowest BCUT2D eigenvalue weighted by Gasteiger charge is -2.42. The first kappa shape index (κ1) is 71.9. The fourth-order valence-electron chi connectivity index (χ4n) is 11.3. The molecule has 1 aliphatic carbocycles. The van der Waals surface area contributed by atoms with Gasteiger partial charge in [-0.1, -0.05) is 71.1 Å². The Kier molecular flexibility index (Phi) is 29.2. The van der Waals surface area contributed by atoms with Crippen molar-refractivity contribution in [1.82, 2.24) is 10.2 Å². The number of piperidine rings is 1. The molecular formula is C59H93N2O22P. The number of methoxy groups -OCH3 is 4. The molecule has 0 aromatic heterocycles. The lowest BCUT2D eigenvalue weighted by atomic mass is 9.78. The third kappa shape index (κ3) is 20.8. The summed E-state index contributed by atoms with van der Waals surface area (Å²) in [5.41, 5.74) is 1.14. The van der Waals surface area contributed by atoms with E-state index in [4.69, 9.17) is 42.8 Å². The number of aliphatic hydroxyl groups excluding tert-OH is 3. The summed E-state index contributed by atoms with van der Waals surface area (Å²) in [4.78, 5) is 109. The lowest BCUT2D eigenvalue weighted by Crippen LogP contribution is -2.61. The smallest absolute Gasteiger partial charge is 0.467 e. The van der Waals surface area contributed by atoms with Gasteiger partial charge in [0.25, 0.3) is 11.7 Å². The van der Waals surface area contributed by atoms with Crippen LogP contribution in [0.5, 0.6) is 0 Å². The number of carbonyl (C=O) groups excluding carboxylic acids is 7. The maximum absolute atomic E-state index is 14.6. The second-order valence-electron chi connectivity index (χ2n) is 23.1. The van der Waals surface area contributed by atoms with E-state index in [9.17, 15) is 58.3 Å². The van der Waals surface area contributed by atoms with Gasteiger partial charge in [0, 0.05) is 58.5 Å². The Labute approximate surface area is 493 Å². The van der Waals surface area contributed by atoms with E-state index in [1.54, 1.807) is 47.8 Å². The van der Waals surface area contributed by atoms with Gasteiger partial charge >= 0.3 is 25.9 Å². The van der Waals surface area contributed by atoms with Gasteiger partial charge in [-0.05, 0) is 107 Å². The molecule has 3 aliphatic heterocycles. The SMILES string of the molecule is COC(=O)C(COP(=O)(O)OCC(O)CO)NC(=O)O[C@@H]1CCC(CC(C)C2CC(=O)C(C)/C=C(\C)[C@@H](O)C(OC)C(=O)[C@H](C)CC(C)\C=C/C=C/C=C(\C)C(OC)CC3CC[C@@H](C)[C@@](O)(O3)C(=O)C(=O)N3CCCC[C@H]3C(=O)O2)CC1OC. The van der Waals surface area contributed by atoms with Crippen LogP contribution in [0.15, 0.2) is 47.6 Å². The van der Waals surface area contributed by atoms with Crippen molar-refractivity contribution >= 4 is 49.1 Å². The van der Waals surface area contributed by atoms with E-state index in [0.29, 0.717) is 56.9 Å². The Morgan fingerprint density at radius 1 is 0.869 bits per heavy atom. The van der Waals surface area contributed by atoms with Crippen molar-refractivity contribution in [2.45, 2.75) is 192 Å². The number of alkyl carbamates (subject to hydrolysis) is 1. The van der Waals surface area contributed by atoms with Crippen LogP contribution in [0, 0.1) is 35.5 Å². The molecule has 18 atom stereocenters. The number of ether oxygens (including phenoxy) is 7. The topological polar surface area (TPSA) is 336 Å². The molecular weight excluding hydrogens is 1120 g/mol. The van der Waals surface area contributed by atoms with E-state index in [1.807, 2.05) is 44.2 Å². The number of aliphatic hydroxyl groups is 4. The fraction of sp³-hybridized carbons (Fsp3) is 0.746. The molecule has 25 heteroatoms. The molecule has 2 saturated heterocycles. The maximum Gasteiger partial charge on any atom is 0.472 e. The highest BCUT2D eigenvalue weighted by Crippen LogP contribution is 2.43. The molecule has 0 spiro atoms. The van der Waals surface area contributed by atoms with Gasteiger partial charge in [0.15, 0.2) is 11.8 Å². The number of Topliss-reactive ketones (excluding diaryl/α,β-unsaturated/α-hetero) is 3. The van der Waals surface area contributed by atoms with Crippen LogP contribution in [0.25, 0.3) is 0 Å². The fourth-order valence-corrected chi connectivity index (χ4v) is 12.1. The quantitative estimate of drug-likeness (QED) is 0.0392. The highest BCUT2D eigenvalue weighted by atomic mass is 31.2. The summed E-state index contributed by atoms with van der Waals surface area (Å²) in [6.45, 7) is 9.83. The van der Waals surface area contributed by atoms with E-state index in [2.05, 4.69) is 9.84 Å². The summed E-state index contributed by atoms with van der Waals surface area (Å²) in [7, 11) is 0.433. The summed E-state index contributed by atoms with van der Waals surface area (Å²) in [6.07, 6.45) is 5.50. The average Bonchev–Trinajstić information content (AvgIpc) is 1.86. The van der Waals surface area contributed by atoms with Crippen molar-refractivity contribution in [2.24, 2.45) is 35.5 Å². The van der Waals surface area contributed by atoms with Gasteiger partial charge in [-0.3, -0.25) is 28.2 Å². The standard InChI is InChI=1S/C59H93N2O22P/c1-34-17-13-12-14-18-35(2)48(75-8)29-43-22-20-40(7)59(72,83-43)54(67)55(68)61-24-16-15-19-45(61)57(70)81-49(30-46(64)36(3)26-39(6)52(66)53(77-10)51(65)38(5)25-34)37(4)27-41-21-23-47(50(28-41)76-9)82-58(71)60-44(56(69)78-11)33-80-84(73,74)79-32-42(63)31-62/h12-14,17-18,26,34,36-38,40-45,47-50,52-53,62-63,66,72H,15-16,19-25,27-33H2,1-11H3,(H,60,71)(H,73,74)/b14-12+,17-13-,35-18+,39-26+/t34?,36?,37?,38-,40-,41?,42?,43?,44?,45+,47-,48?,49?,50?,52-,53?,59-/m1/s1. The number of hydrogen-bond acceptors (Lipinski definition) is 21. The number of rotatable bonds is 16. The highest BCUT2D eigenvalue weighted by Gasteiger charge is 2.53. The Hall–Kier alpha value is -4.56. The van der Waals surface area contributed by atoms with Gasteiger partial charge < -0.3 is 68.7 Å². The summed E-state index contributed by atoms with van der Waals surface area (Å²) in [6, 6.07) is -2.91. The molecule has 3 fully saturated rings. The number of fused-ring (bicyclic) bond motifs is 3. The van der Waals surface area contributed by atoms with Crippen molar-refractivity contribution < 1.29 is 106 Å². The van der Waals surface area contributed by atoms with Crippen molar-refractivity contribution in [3.05, 3.63) is 47.6 Å². The largest absolute Gasteiger partial charge is 0.472 e. The van der Waals surface area contributed by atoms with Gasteiger partial charge in [0.2, 0.25) is 5.79 Å². The molecule has 24 nitrogen and oxygen atoms in total. The van der Waals surface area contributed by atoms with Gasteiger partial charge in [0.1, 0.15) is 42.3 Å². The first-order valence-corrected chi connectivity index (χ1v) is 30.6. The zero-order valence-electron chi connectivity index (χ0n) is 50.6. The number of allylic oxidation sites excluding steroid dienone is 6. The molecule has 2 bridgehead atoms. The molecule has 0 radical (unpaired) electrons. The Bertz CT molecular complexity index is 2400. The number of nitrogens with zero attached hydrogens (tertiary/aromatic N) is 1. The van der Waals surface area contributed by atoms with Crippen LogP contribution in [0.2, 0.25) is 0 Å². The Balaban J connectivity index is 1.63. The first-order valence-electron chi connectivity index (χ1n) is 29.1. The van der Waals surface area contributed by atoms with Crippen LogP contribution in [-0.2, 0) is 75.5 Å². The summed E-state index contributed by atoms with van der Waals surface area (Å²) in [5.74, 6) is -10.4. The molecule has 1 saturated carbocycles. The van der Waals surface area contributed by atoms with Crippen LogP contribution < -0.4 is 5.32 Å². The van der Waals surface area contributed by atoms with Crippen molar-refractivity contribution in [3.63, 3.8) is 0 Å². The molecule has 476 valence electrons. The van der Waals surface area contributed by atoms with E-state index in [-0.39, 0.29) is 55.6 Å². The third-order valence-electron chi connectivity index (χ3n) is 16.5. The van der Waals surface area contributed by atoms with Crippen LogP contribution in [-0.4, -0.2) is 193 Å². The van der Waals surface area contributed by atoms with E-state index < -0.39 is 148 Å². The molecule has 4 aliphatic rings.